The first-order valence-corrected chi connectivity index (χ1v) is 8.08. The van der Waals surface area contributed by atoms with Crippen LogP contribution in [-0.2, 0) is 0 Å². The zero-order valence-electron chi connectivity index (χ0n) is 13.9. The summed E-state index contributed by atoms with van der Waals surface area (Å²) in [6, 6.07) is 14.8. The third-order valence-electron chi connectivity index (χ3n) is 4.04. The van der Waals surface area contributed by atoms with Crippen molar-refractivity contribution in [3.8, 4) is 5.69 Å². The summed E-state index contributed by atoms with van der Waals surface area (Å²) >= 11 is 0. The van der Waals surface area contributed by atoms with Crippen LogP contribution in [-0.4, -0.2) is 26.3 Å². The molecule has 4 aromatic rings. The van der Waals surface area contributed by atoms with Gasteiger partial charge in [0.2, 0.25) is 0 Å². The maximum Gasteiger partial charge on any atom is 0.288 e. The molecular weight excluding hydrogens is 349 g/mol. The topological polar surface area (TPSA) is 91.8 Å². The summed E-state index contributed by atoms with van der Waals surface area (Å²) in [5.41, 5.74) is 6.63. The van der Waals surface area contributed by atoms with E-state index in [0.29, 0.717) is 11.4 Å². The van der Waals surface area contributed by atoms with Gasteiger partial charge >= 0.3 is 0 Å². The van der Waals surface area contributed by atoms with Gasteiger partial charge in [0.25, 0.3) is 11.8 Å². The van der Waals surface area contributed by atoms with Crippen molar-refractivity contribution in [3.05, 3.63) is 84.3 Å². The van der Waals surface area contributed by atoms with E-state index >= 15 is 0 Å². The highest BCUT2D eigenvalue weighted by molar-refractivity contribution is 6.00. The number of halogens is 1. The zero-order valence-corrected chi connectivity index (χ0v) is 13.9. The molecule has 0 fully saturated rings. The Morgan fingerprint density at radius 2 is 1.74 bits per heavy atom. The lowest BCUT2D eigenvalue weighted by Gasteiger charge is -2.09. The highest BCUT2D eigenvalue weighted by Gasteiger charge is 2.15. The largest absolute Gasteiger partial charge is 0.350 e. The van der Waals surface area contributed by atoms with Gasteiger partial charge in [-0.25, -0.2) is 9.37 Å². The van der Waals surface area contributed by atoms with Gasteiger partial charge in [-0.2, -0.15) is 0 Å². The van der Waals surface area contributed by atoms with Crippen LogP contribution in [0.25, 0.3) is 16.6 Å². The number of carbonyl (C=O) groups is 2. The summed E-state index contributed by atoms with van der Waals surface area (Å²) < 4.78 is 14.6. The van der Waals surface area contributed by atoms with Crippen molar-refractivity contribution >= 4 is 22.7 Å². The van der Waals surface area contributed by atoms with Crippen LogP contribution >= 0.6 is 0 Å². The predicted octanol–water partition coefficient (Wildman–Crippen LogP) is 2.57. The van der Waals surface area contributed by atoms with Gasteiger partial charge in [-0.1, -0.05) is 18.2 Å². The maximum atomic E-state index is 13.1. The number of hydrogen-bond donors (Lipinski definition) is 3. The first kappa shape index (κ1) is 16.5. The van der Waals surface area contributed by atoms with Crippen molar-refractivity contribution in [2.24, 2.45) is 0 Å². The van der Waals surface area contributed by atoms with Gasteiger partial charge in [0.1, 0.15) is 17.2 Å². The van der Waals surface area contributed by atoms with Gasteiger partial charge in [-0.05, 0) is 36.4 Å². The van der Waals surface area contributed by atoms with Crippen molar-refractivity contribution < 1.29 is 14.0 Å². The van der Waals surface area contributed by atoms with Crippen molar-refractivity contribution in [1.29, 1.82) is 0 Å². The quantitative estimate of drug-likeness (QED) is 0.489. The van der Waals surface area contributed by atoms with Gasteiger partial charge < -0.3 is 4.98 Å². The molecule has 0 spiro atoms. The Bertz CT molecular complexity index is 1100. The number of nitrogens with one attached hydrogen (secondary N) is 3. The Hall–Kier alpha value is -3.94. The average Bonchev–Trinajstić information content (AvgIpc) is 3.33. The minimum Gasteiger partial charge on any atom is -0.350 e. The zero-order chi connectivity index (χ0) is 18.8. The molecule has 0 aliphatic heterocycles. The second-order valence-electron chi connectivity index (χ2n) is 5.80. The number of nitrogens with zero attached hydrogens (tertiary/aromatic N) is 2. The van der Waals surface area contributed by atoms with E-state index in [2.05, 4.69) is 20.8 Å². The first-order chi connectivity index (χ1) is 13.1. The van der Waals surface area contributed by atoms with E-state index in [1.165, 1.54) is 41.4 Å². The highest BCUT2D eigenvalue weighted by Crippen LogP contribution is 2.14. The summed E-state index contributed by atoms with van der Waals surface area (Å²) in [4.78, 5) is 31.6. The number of benzene rings is 2. The molecule has 0 radical (unpaired) electrons. The molecule has 3 N–H and O–H groups in total. The number of aromatic amines is 1. The number of hydrogen-bond acceptors (Lipinski definition) is 3. The lowest BCUT2D eigenvalue weighted by atomic mass is 10.2. The Balaban J connectivity index is 1.47. The number of hydrazine groups is 1. The molecule has 0 aliphatic carbocycles. The second-order valence-corrected chi connectivity index (χ2v) is 5.80. The van der Waals surface area contributed by atoms with Gasteiger partial charge in [-0.3, -0.25) is 25.0 Å². The second kappa shape index (κ2) is 6.75. The smallest absolute Gasteiger partial charge is 0.288 e. The van der Waals surface area contributed by atoms with Crippen molar-refractivity contribution in [2.45, 2.75) is 0 Å². The van der Waals surface area contributed by atoms with E-state index in [-0.39, 0.29) is 11.5 Å². The number of H-pyrrole nitrogens is 1. The van der Waals surface area contributed by atoms with E-state index in [4.69, 9.17) is 0 Å². The number of rotatable bonds is 3. The van der Waals surface area contributed by atoms with E-state index < -0.39 is 11.8 Å². The summed E-state index contributed by atoms with van der Waals surface area (Å²) in [6.45, 7) is 0. The van der Waals surface area contributed by atoms with E-state index in [1.54, 1.807) is 6.07 Å². The fourth-order valence-corrected chi connectivity index (χ4v) is 2.71. The van der Waals surface area contributed by atoms with Crippen LogP contribution in [0.5, 0.6) is 0 Å². The van der Waals surface area contributed by atoms with Crippen LogP contribution in [0.15, 0.2) is 67.1 Å². The molecule has 0 saturated heterocycles. The summed E-state index contributed by atoms with van der Waals surface area (Å²) in [5.74, 6) is -1.41. The predicted molar refractivity (Wildman–Crippen MR) is 96.8 cm³/mol. The molecule has 0 unspecified atom stereocenters. The van der Waals surface area contributed by atoms with Crippen LogP contribution in [0.2, 0.25) is 0 Å². The number of amides is 2. The van der Waals surface area contributed by atoms with Crippen LogP contribution < -0.4 is 10.9 Å². The number of fused-ring (bicyclic) bond motifs is 1. The number of carbonyl (C=O) groups excluding carboxylic acids is 2. The average molecular weight is 363 g/mol. The lowest BCUT2D eigenvalue weighted by Crippen LogP contribution is -2.42. The van der Waals surface area contributed by atoms with E-state index in [0.717, 1.165) is 10.9 Å². The van der Waals surface area contributed by atoms with Gasteiger partial charge in [0.05, 0.1) is 12.5 Å². The molecule has 8 heteroatoms. The molecule has 2 aromatic carbocycles. The summed E-state index contributed by atoms with van der Waals surface area (Å²) in [5, 5.41) is 0.892. The number of para-hydroxylation sites is 1. The van der Waals surface area contributed by atoms with Crippen LogP contribution in [0.4, 0.5) is 4.39 Å². The molecule has 2 aromatic heterocycles. The Labute approximate surface area is 152 Å². The van der Waals surface area contributed by atoms with Crippen LogP contribution in [0, 0.1) is 5.82 Å². The molecule has 27 heavy (non-hydrogen) atoms. The third kappa shape index (κ3) is 3.28. The van der Waals surface area contributed by atoms with Crippen LogP contribution in [0.1, 0.15) is 21.0 Å². The highest BCUT2D eigenvalue weighted by atomic mass is 19.1. The van der Waals surface area contributed by atoms with Gasteiger partial charge in [0, 0.05) is 16.6 Å². The fraction of sp³-hybridized carbons (Fsp3) is 0. The summed E-state index contributed by atoms with van der Waals surface area (Å²) in [6.07, 6.45) is 2.79. The Morgan fingerprint density at radius 1 is 1.00 bits per heavy atom. The molecule has 134 valence electrons. The fourth-order valence-electron chi connectivity index (χ4n) is 2.71. The monoisotopic (exact) mass is 363 g/mol. The molecule has 0 atom stereocenters. The maximum absolute atomic E-state index is 13.1. The lowest BCUT2D eigenvalue weighted by molar-refractivity contribution is 0.0840. The molecule has 7 nitrogen and oxygen atoms in total. The van der Waals surface area contributed by atoms with Crippen molar-refractivity contribution in [1.82, 2.24) is 25.4 Å². The minimum atomic E-state index is -0.554. The number of imidazole rings is 1. The SMILES string of the molecule is O=C(NNC(=O)c1cncn1-c1ccc(F)cc1)c1cc2ccccc2[nH]1. The molecule has 0 bridgehead atoms. The van der Waals surface area contributed by atoms with E-state index in [9.17, 15) is 14.0 Å². The standard InChI is InChI=1S/C19H14FN5O2/c20-13-5-7-14(8-6-13)25-11-21-10-17(25)19(27)24-23-18(26)16-9-12-3-1-2-4-15(12)22-16/h1-11,22H,(H,23,26)(H,24,27). The normalized spacial score (nSPS) is 10.7. The Kier molecular flexibility index (Phi) is 4.13. The molecule has 2 amide bonds. The molecule has 0 aliphatic rings. The molecule has 4 rings (SSSR count). The first-order valence-electron chi connectivity index (χ1n) is 8.08. The molecule has 2 heterocycles. The van der Waals surface area contributed by atoms with Crippen molar-refractivity contribution in [2.75, 3.05) is 0 Å². The Morgan fingerprint density at radius 3 is 2.52 bits per heavy atom. The minimum absolute atomic E-state index is 0.193. The van der Waals surface area contributed by atoms with Gasteiger partial charge in [0.15, 0.2) is 0 Å². The molecule has 0 saturated carbocycles. The molecular formula is C19H14FN5O2. The van der Waals surface area contributed by atoms with Gasteiger partial charge in [-0.15, -0.1) is 0 Å². The number of aromatic nitrogens is 3. The van der Waals surface area contributed by atoms with Crippen LogP contribution in [0.3, 0.4) is 0 Å². The van der Waals surface area contributed by atoms with Crippen molar-refractivity contribution in [3.63, 3.8) is 0 Å². The summed E-state index contributed by atoms with van der Waals surface area (Å²) in [7, 11) is 0. The third-order valence-corrected chi connectivity index (χ3v) is 4.04. The van der Waals surface area contributed by atoms with E-state index in [1.807, 2.05) is 24.3 Å².